The normalized spacial score (nSPS) is 10.6. The molecule has 0 bridgehead atoms. The van der Waals surface area contributed by atoms with E-state index < -0.39 is 0 Å². The number of nitrogens with one attached hydrogen (secondary N) is 2. The molecule has 0 saturated carbocycles. The smallest absolute Gasteiger partial charge is 0.176 e. The molecule has 3 aromatic rings. The van der Waals surface area contributed by atoms with Crippen LogP contribution >= 0.6 is 58.6 Å². The molecule has 0 unspecified atom stereocenters. The van der Waals surface area contributed by atoms with Crippen LogP contribution in [0.2, 0.25) is 20.1 Å². The van der Waals surface area contributed by atoms with Crippen LogP contribution in [0.5, 0.6) is 0 Å². The molecule has 0 aliphatic heterocycles. The fourth-order valence-electron chi connectivity index (χ4n) is 2.20. The highest BCUT2D eigenvalue weighted by Gasteiger charge is 2.07. The number of benzene rings is 2. The second-order valence-corrected chi connectivity index (χ2v) is 7.42. The molecule has 0 saturated heterocycles. The number of rotatable bonds is 4. The Morgan fingerprint density at radius 2 is 1.69 bits per heavy atom. The van der Waals surface area contributed by atoms with Crippen molar-refractivity contribution in [3.63, 3.8) is 0 Å². The molecule has 0 spiro atoms. The fraction of sp³-hybridized carbons (Fsp3) is 0.0588. The van der Waals surface area contributed by atoms with Gasteiger partial charge in [0.2, 0.25) is 0 Å². The van der Waals surface area contributed by atoms with E-state index in [1.54, 1.807) is 28.9 Å². The first-order valence-corrected chi connectivity index (χ1v) is 9.33. The molecule has 0 amide bonds. The zero-order valence-electron chi connectivity index (χ0n) is 13.1. The Bertz CT molecular complexity index is 958. The molecule has 0 radical (unpaired) electrons. The molecular weight excluding hydrogens is 434 g/mol. The van der Waals surface area contributed by atoms with Gasteiger partial charge in [0.25, 0.3) is 0 Å². The van der Waals surface area contributed by atoms with Gasteiger partial charge in [-0.1, -0.05) is 52.5 Å². The van der Waals surface area contributed by atoms with Crippen molar-refractivity contribution in [3.8, 4) is 0 Å². The number of hydrogen-bond acceptors (Lipinski definition) is 2. The standard InChI is InChI=1S/C17H12Cl4N4S/c18-11-2-4-13(20)15(8-11)22-17(26)23-16-5-6-25(24-16)9-10-1-3-12(19)14(21)7-10/h1-8H,9H2,(H2,22,23,24,26). The van der Waals surface area contributed by atoms with Crippen LogP contribution in [0, 0.1) is 0 Å². The van der Waals surface area contributed by atoms with E-state index >= 15 is 0 Å². The lowest BCUT2D eigenvalue weighted by Crippen LogP contribution is -2.19. The Hall–Kier alpha value is -1.50. The third-order valence-electron chi connectivity index (χ3n) is 3.39. The molecular formula is C17H12Cl4N4S. The summed E-state index contributed by atoms with van der Waals surface area (Å²) in [5.74, 6) is 0.598. The summed E-state index contributed by atoms with van der Waals surface area (Å²) in [6.45, 7) is 0.554. The summed E-state index contributed by atoms with van der Waals surface area (Å²) in [6.07, 6.45) is 1.83. The average Bonchev–Trinajstić information content (AvgIpc) is 3.01. The van der Waals surface area contributed by atoms with Crippen LogP contribution < -0.4 is 10.6 Å². The number of anilines is 2. The van der Waals surface area contributed by atoms with Crippen LogP contribution in [0.15, 0.2) is 48.7 Å². The molecule has 26 heavy (non-hydrogen) atoms. The maximum absolute atomic E-state index is 6.11. The summed E-state index contributed by atoms with van der Waals surface area (Å²) < 4.78 is 1.76. The zero-order valence-corrected chi connectivity index (χ0v) is 17.0. The van der Waals surface area contributed by atoms with Crippen LogP contribution in [0.4, 0.5) is 11.5 Å². The third kappa shape index (κ3) is 5.02. The van der Waals surface area contributed by atoms with Gasteiger partial charge in [0.1, 0.15) is 0 Å². The lowest BCUT2D eigenvalue weighted by molar-refractivity contribution is 0.690. The van der Waals surface area contributed by atoms with E-state index in [4.69, 9.17) is 58.6 Å². The Balaban J connectivity index is 1.63. The zero-order chi connectivity index (χ0) is 18.7. The van der Waals surface area contributed by atoms with Gasteiger partial charge in [-0.05, 0) is 48.1 Å². The second kappa shape index (κ2) is 8.46. The van der Waals surface area contributed by atoms with Gasteiger partial charge >= 0.3 is 0 Å². The van der Waals surface area contributed by atoms with Gasteiger partial charge in [-0.3, -0.25) is 4.68 Å². The molecule has 1 heterocycles. The summed E-state index contributed by atoms with van der Waals surface area (Å²) in [5, 5.41) is 12.9. The topological polar surface area (TPSA) is 41.9 Å². The molecule has 2 aromatic carbocycles. The monoisotopic (exact) mass is 444 g/mol. The minimum absolute atomic E-state index is 0.356. The van der Waals surface area contributed by atoms with Crippen LogP contribution in [-0.4, -0.2) is 14.9 Å². The van der Waals surface area contributed by atoms with Crippen molar-refractivity contribution < 1.29 is 0 Å². The minimum Gasteiger partial charge on any atom is -0.331 e. The lowest BCUT2D eigenvalue weighted by atomic mass is 10.2. The highest BCUT2D eigenvalue weighted by Crippen LogP contribution is 2.26. The molecule has 0 atom stereocenters. The third-order valence-corrected chi connectivity index (χ3v) is 4.90. The van der Waals surface area contributed by atoms with Gasteiger partial charge in [0.05, 0.1) is 27.3 Å². The van der Waals surface area contributed by atoms with E-state index in [0.717, 1.165) is 5.56 Å². The first kappa shape index (κ1) is 19.3. The minimum atomic E-state index is 0.356. The van der Waals surface area contributed by atoms with Crippen molar-refractivity contribution in [1.29, 1.82) is 0 Å². The van der Waals surface area contributed by atoms with Crippen molar-refractivity contribution in [2.75, 3.05) is 10.6 Å². The largest absolute Gasteiger partial charge is 0.331 e. The van der Waals surface area contributed by atoms with Crippen molar-refractivity contribution in [3.05, 3.63) is 74.3 Å². The molecule has 1 aromatic heterocycles. The lowest BCUT2D eigenvalue weighted by Gasteiger charge is -2.10. The van der Waals surface area contributed by atoms with E-state index in [9.17, 15) is 0 Å². The predicted molar refractivity (Wildman–Crippen MR) is 114 cm³/mol. The van der Waals surface area contributed by atoms with Crippen molar-refractivity contribution >= 4 is 75.2 Å². The van der Waals surface area contributed by atoms with Crippen molar-refractivity contribution in [2.24, 2.45) is 0 Å². The van der Waals surface area contributed by atoms with Crippen LogP contribution in [0.1, 0.15) is 5.56 Å². The molecule has 0 aliphatic carbocycles. The van der Waals surface area contributed by atoms with Gasteiger partial charge in [-0.2, -0.15) is 5.10 Å². The van der Waals surface area contributed by atoms with Crippen LogP contribution in [0.25, 0.3) is 0 Å². The van der Waals surface area contributed by atoms with E-state index in [-0.39, 0.29) is 0 Å². The van der Waals surface area contributed by atoms with E-state index in [1.807, 2.05) is 24.4 Å². The fourth-order valence-corrected chi connectivity index (χ4v) is 3.08. The number of thiocarbonyl (C=S) groups is 1. The SMILES string of the molecule is S=C(Nc1ccn(Cc2ccc(Cl)c(Cl)c2)n1)Nc1cc(Cl)ccc1Cl. The Morgan fingerprint density at radius 1 is 0.923 bits per heavy atom. The Kier molecular flexibility index (Phi) is 6.27. The van der Waals surface area contributed by atoms with Gasteiger partial charge in [-0.25, -0.2) is 0 Å². The molecule has 4 nitrogen and oxygen atoms in total. The van der Waals surface area contributed by atoms with E-state index in [1.165, 1.54) is 0 Å². The summed E-state index contributed by atoms with van der Waals surface area (Å²) in [7, 11) is 0. The maximum Gasteiger partial charge on any atom is 0.176 e. The molecule has 2 N–H and O–H groups in total. The first-order valence-electron chi connectivity index (χ1n) is 7.41. The maximum atomic E-state index is 6.11. The predicted octanol–water partition coefficient (Wildman–Crippen LogP) is 6.35. The highest BCUT2D eigenvalue weighted by molar-refractivity contribution is 7.80. The van der Waals surface area contributed by atoms with Gasteiger partial charge in [0, 0.05) is 17.3 Å². The molecule has 0 aliphatic rings. The first-order chi connectivity index (χ1) is 12.4. The van der Waals surface area contributed by atoms with Crippen molar-refractivity contribution in [1.82, 2.24) is 9.78 Å². The number of halogens is 4. The van der Waals surface area contributed by atoms with Crippen LogP contribution in [0.3, 0.4) is 0 Å². The summed E-state index contributed by atoms with van der Waals surface area (Å²) in [6, 6.07) is 12.4. The summed E-state index contributed by atoms with van der Waals surface area (Å²) >= 11 is 29.3. The van der Waals surface area contributed by atoms with Gasteiger partial charge < -0.3 is 10.6 Å². The van der Waals surface area contributed by atoms with Crippen LogP contribution in [-0.2, 0) is 6.54 Å². The van der Waals surface area contributed by atoms with E-state index in [0.29, 0.717) is 43.3 Å². The average molecular weight is 446 g/mol. The molecule has 3 rings (SSSR count). The number of aromatic nitrogens is 2. The molecule has 0 fully saturated rings. The Morgan fingerprint density at radius 3 is 2.46 bits per heavy atom. The summed E-state index contributed by atoms with van der Waals surface area (Å²) in [5.41, 5.74) is 1.60. The number of nitrogens with zero attached hydrogens (tertiary/aromatic N) is 2. The Labute approximate surface area is 176 Å². The molecule has 134 valence electrons. The van der Waals surface area contributed by atoms with E-state index in [2.05, 4.69) is 15.7 Å². The second-order valence-electron chi connectivity index (χ2n) is 5.35. The highest BCUT2D eigenvalue weighted by atomic mass is 35.5. The summed E-state index contributed by atoms with van der Waals surface area (Å²) in [4.78, 5) is 0. The van der Waals surface area contributed by atoms with Crippen molar-refractivity contribution in [2.45, 2.75) is 6.54 Å². The quantitative estimate of drug-likeness (QED) is 0.458. The number of hydrogen-bond donors (Lipinski definition) is 2. The van der Waals surface area contributed by atoms with Gasteiger partial charge in [-0.15, -0.1) is 0 Å². The molecule has 9 heteroatoms. The van der Waals surface area contributed by atoms with Gasteiger partial charge in [0.15, 0.2) is 10.9 Å².